The molecule has 180 valence electrons. The molecule has 0 unspecified atom stereocenters. The number of amides is 3. The van der Waals surface area contributed by atoms with Gasteiger partial charge in [0.15, 0.2) is 0 Å². The third-order valence-corrected chi connectivity index (χ3v) is 7.15. The van der Waals surface area contributed by atoms with Crippen molar-refractivity contribution in [2.45, 2.75) is 44.1 Å². The van der Waals surface area contributed by atoms with Crippen molar-refractivity contribution in [3.8, 4) is 0 Å². The molecule has 1 aromatic rings. The number of hydroxylamine groups is 1. The monoisotopic (exact) mass is 459 g/mol. The van der Waals surface area contributed by atoms with Crippen LogP contribution in [-0.2, 0) is 19.1 Å². The molecule has 0 bridgehead atoms. The van der Waals surface area contributed by atoms with Crippen molar-refractivity contribution in [3.63, 3.8) is 0 Å². The summed E-state index contributed by atoms with van der Waals surface area (Å²) in [4.78, 5) is 41.7. The number of rotatable bonds is 4. The predicted octanol–water partition coefficient (Wildman–Crippen LogP) is 2.15. The van der Waals surface area contributed by atoms with Gasteiger partial charge in [-0.25, -0.2) is 10.3 Å². The Bertz CT molecular complexity index is 821. The van der Waals surface area contributed by atoms with Crippen LogP contribution in [0.25, 0.3) is 0 Å². The Labute approximate surface area is 194 Å². The molecule has 3 saturated heterocycles. The van der Waals surface area contributed by atoms with Gasteiger partial charge in [0.1, 0.15) is 6.10 Å². The van der Waals surface area contributed by atoms with E-state index in [0.29, 0.717) is 58.0 Å². The minimum Gasteiger partial charge on any atom is -0.446 e. The normalized spacial score (nSPS) is 24.9. The molecular formula is C24H33N3O6. The number of carbonyl (C=O) groups is 3. The Morgan fingerprint density at radius 1 is 0.909 bits per heavy atom. The third kappa shape index (κ3) is 5.65. The van der Waals surface area contributed by atoms with Gasteiger partial charge in [0.05, 0.1) is 25.0 Å². The van der Waals surface area contributed by atoms with Crippen LogP contribution in [0.15, 0.2) is 30.3 Å². The molecule has 0 aliphatic carbocycles. The number of piperidine rings is 2. The van der Waals surface area contributed by atoms with Crippen LogP contribution in [-0.4, -0.2) is 78.4 Å². The largest absolute Gasteiger partial charge is 0.446 e. The fourth-order valence-electron chi connectivity index (χ4n) is 5.17. The summed E-state index contributed by atoms with van der Waals surface area (Å²) in [5, 5.41) is 9.27. The number of nitrogens with zero attached hydrogens (tertiary/aromatic N) is 2. The second kappa shape index (κ2) is 11.0. The zero-order chi connectivity index (χ0) is 23.2. The Morgan fingerprint density at radius 2 is 1.58 bits per heavy atom. The van der Waals surface area contributed by atoms with E-state index in [1.807, 2.05) is 23.1 Å². The van der Waals surface area contributed by atoms with E-state index in [4.69, 9.17) is 9.47 Å². The van der Waals surface area contributed by atoms with Crippen LogP contribution in [0.4, 0.5) is 4.79 Å². The number of hydrogen-bond donors (Lipinski definition) is 2. The lowest BCUT2D eigenvalue weighted by molar-refractivity contribution is -0.148. The number of nitrogens with one attached hydrogen (secondary N) is 1. The maximum Gasteiger partial charge on any atom is 0.410 e. The minimum absolute atomic E-state index is 0.0470. The van der Waals surface area contributed by atoms with E-state index in [1.54, 1.807) is 5.48 Å². The van der Waals surface area contributed by atoms with Gasteiger partial charge in [0.2, 0.25) is 11.8 Å². The third-order valence-electron chi connectivity index (χ3n) is 7.15. The molecule has 0 spiro atoms. The average Bonchev–Trinajstić information content (AvgIpc) is 2.88. The van der Waals surface area contributed by atoms with Crippen molar-refractivity contribution >= 4 is 17.9 Å². The summed E-state index contributed by atoms with van der Waals surface area (Å²) >= 11 is 0. The van der Waals surface area contributed by atoms with Crippen LogP contribution >= 0.6 is 0 Å². The van der Waals surface area contributed by atoms with Gasteiger partial charge in [-0.3, -0.25) is 14.8 Å². The van der Waals surface area contributed by atoms with E-state index in [0.717, 1.165) is 12.8 Å². The van der Waals surface area contributed by atoms with E-state index in [-0.39, 0.29) is 18.6 Å². The van der Waals surface area contributed by atoms with E-state index in [2.05, 4.69) is 12.1 Å². The van der Waals surface area contributed by atoms with Crippen LogP contribution < -0.4 is 5.48 Å². The lowest BCUT2D eigenvalue weighted by Crippen LogP contribution is -2.54. The highest BCUT2D eigenvalue weighted by molar-refractivity contribution is 5.88. The van der Waals surface area contributed by atoms with E-state index < -0.39 is 23.8 Å². The number of likely N-dealkylation sites (tertiary alicyclic amines) is 2. The summed E-state index contributed by atoms with van der Waals surface area (Å²) in [6.45, 7) is 2.78. The Morgan fingerprint density at radius 3 is 2.24 bits per heavy atom. The molecule has 3 aliphatic rings. The molecule has 9 heteroatoms. The first-order chi connectivity index (χ1) is 16.1. The van der Waals surface area contributed by atoms with Crippen LogP contribution in [0, 0.1) is 11.8 Å². The Hall–Kier alpha value is -2.65. The fourth-order valence-corrected chi connectivity index (χ4v) is 5.17. The molecule has 3 amide bonds. The van der Waals surface area contributed by atoms with Crippen LogP contribution in [0.5, 0.6) is 0 Å². The zero-order valence-electron chi connectivity index (χ0n) is 18.9. The first-order valence-corrected chi connectivity index (χ1v) is 11.9. The summed E-state index contributed by atoms with van der Waals surface area (Å²) in [5.41, 5.74) is 2.98. The van der Waals surface area contributed by atoms with Gasteiger partial charge in [0.25, 0.3) is 0 Å². The predicted molar refractivity (Wildman–Crippen MR) is 118 cm³/mol. The Balaban J connectivity index is 1.35. The maximum absolute atomic E-state index is 13.3. The first-order valence-electron chi connectivity index (χ1n) is 11.9. The summed E-state index contributed by atoms with van der Waals surface area (Å²) in [6.07, 6.45) is 2.75. The van der Waals surface area contributed by atoms with Gasteiger partial charge in [-0.2, -0.15) is 0 Å². The highest BCUT2D eigenvalue weighted by Crippen LogP contribution is 2.32. The van der Waals surface area contributed by atoms with Gasteiger partial charge in [-0.1, -0.05) is 30.3 Å². The smallest absolute Gasteiger partial charge is 0.410 e. The molecule has 0 saturated carbocycles. The molecule has 3 heterocycles. The maximum atomic E-state index is 13.3. The van der Waals surface area contributed by atoms with Crippen molar-refractivity contribution < 1.29 is 29.1 Å². The molecule has 3 fully saturated rings. The molecule has 4 rings (SSSR count). The number of ether oxygens (including phenoxy) is 2. The number of hydrogen-bond acceptors (Lipinski definition) is 6. The Kier molecular flexibility index (Phi) is 7.82. The van der Waals surface area contributed by atoms with Crippen LogP contribution in [0.2, 0.25) is 0 Å². The lowest BCUT2D eigenvalue weighted by atomic mass is 9.82. The standard InChI is InChI=1S/C24H33N3O6/c28-22(25-31)21-16-27(24(30)33-19-9-14-32-15-10-19)13-8-20(21)23(29)26-11-6-18(7-12-26)17-4-2-1-3-5-17/h1-5,18-21,31H,6-16H2,(H,25,28)/t20-,21-/m0/s1. The van der Waals surface area contributed by atoms with Crippen LogP contribution in [0.3, 0.4) is 0 Å². The number of benzene rings is 1. The molecular weight excluding hydrogens is 426 g/mol. The van der Waals surface area contributed by atoms with Gasteiger partial charge < -0.3 is 19.3 Å². The summed E-state index contributed by atoms with van der Waals surface area (Å²) < 4.78 is 10.9. The highest BCUT2D eigenvalue weighted by atomic mass is 16.6. The zero-order valence-corrected chi connectivity index (χ0v) is 18.9. The number of carbonyl (C=O) groups excluding carboxylic acids is 3. The van der Waals surface area contributed by atoms with Gasteiger partial charge in [-0.05, 0) is 30.7 Å². The summed E-state index contributed by atoms with van der Waals surface area (Å²) in [7, 11) is 0. The molecule has 3 aliphatic heterocycles. The lowest BCUT2D eigenvalue weighted by Gasteiger charge is -2.40. The first kappa shape index (κ1) is 23.5. The van der Waals surface area contributed by atoms with Crippen molar-refractivity contribution in [2.24, 2.45) is 11.8 Å². The molecule has 2 atom stereocenters. The average molecular weight is 460 g/mol. The second-order valence-electron chi connectivity index (χ2n) is 9.13. The topological polar surface area (TPSA) is 108 Å². The molecule has 0 radical (unpaired) electrons. The molecule has 33 heavy (non-hydrogen) atoms. The van der Waals surface area contributed by atoms with E-state index in [9.17, 15) is 19.6 Å². The molecule has 2 N–H and O–H groups in total. The molecule has 0 aromatic heterocycles. The van der Waals surface area contributed by atoms with Gasteiger partial charge >= 0.3 is 6.09 Å². The van der Waals surface area contributed by atoms with Gasteiger partial charge in [-0.15, -0.1) is 0 Å². The fraction of sp³-hybridized carbons (Fsp3) is 0.625. The highest BCUT2D eigenvalue weighted by Gasteiger charge is 2.42. The molecule has 1 aromatic carbocycles. The van der Waals surface area contributed by atoms with Gasteiger partial charge in [0, 0.05) is 39.0 Å². The second-order valence-corrected chi connectivity index (χ2v) is 9.13. The van der Waals surface area contributed by atoms with E-state index in [1.165, 1.54) is 10.5 Å². The quantitative estimate of drug-likeness (QED) is 0.528. The van der Waals surface area contributed by atoms with Crippen molar-refractivity contribution in [2.75, 3.05) is 39.4 Å². The molecule has 9 nitrogen and oxygen atoms in total. The van der Waals surface area contributed by atoms with E-state index >= 15 is 0 Å². The van der Waals surface area contributed by atoms with Crippen molar-refractivity contribution in [3.05, 3.63) is 35.9 Å². The SMILES string of the molecule is O=C(NO)[C@H]1CN(C(=O)OC2CCOCC2)CC[C@@H]1C(=O)N1CCC(c2ccccc2)CC1. The summed E-state index contributed by atoms with van der Waals surface area (Å²) in [6, 6.07) is 10.3. The summed E-state index contributed by atoms with van der Waals surface area (Å²) in [5.74, 6) is -1.68. The van der Waals surface area contributed by atoms with Crippen molar-refractivity contribution in [1.29, 1.82) is 0 Å². The van der Waals surface area contributed by atoms with Crippen LogP contribution in [0.1, 0.15) is 43.6 Å². The van der Waals surface area contributed by atoms with Crippen molar-refractivity contribution in [1.82, 2.24) is 15.3 Å². The minimum atomic E-state index is -0.815.